The Kier molecular flexibility index (Phi) is 8.17. The van der Waals surface area contributed by atoms with Crippen LogP contribution in [0.25, 0.3) is 0 Å². The smallest absolute Gasteiger partial charge is 0.340 e. The maximum absolute atomic E-state index is 12.0. The van der Waals surface area contributed by atoms with Crippen molar-refractivity contribution in [1.82, 2.24) is 5.32 Å². The molecule has 0 saturated heterocycles. The molecule has 2 rings (SSSR count). The number of rotatable bonds is 8. The Bertz CT molecular complexity index is 898. The molecule has 0 spiro atoms. The van der Waals surface area contributed by atoms with Gasteiger partial charge in [0.15, 0.2) is 6.61 Å². The van der Waals surface area contributed by atoms with Gasteiger partial charge in [-0.1, -0.05) is 23.7 Å². The molecule has 0 atom stereocenters. The third kappa shape index (κ3) is 6.93. The van der Waals surface area contributed by atoms with Crippen LogP contribution in [-0.4, -0.2) is 43.5 Å². The van der Waals surface area contributed by atoms with Gasteiger partial charge in [-0.05, 0) is 43.3 Å². The molecule has 2 N–H and O–H groups in total. The van der Waals surface area contributed by atoms with Gasteiger partial charge in [0, 0.05) is 10.6 Å². The lowest BCUT2D eigenvalue weighted by atomic mass is 10.2. The van der Waals surface area contributed by atoms with Gasteiger partial charge in [0.05, 0.1) is 17.9 Å². The van der Waals surface area contributed by atoms with E-state index in [1.54, 1.807) is 31.2 Å². The Labute approximate surface area is 172 Å². The third-order valence-corrected chi connectivity index (χ3v) is 3.81. The van der Waals surface area contributed by atoms with Crippen LogP contribution in [-0.2, 0) is 19.1 Å². The lowest BCUT2D eigenvalue weighted by Crippen LogP contribution is -2.32. The van der Waals surface area contributed by atoms with E-state index in [0.29, 0.717) is 10.6 Å². The fourth-order valence-electron chi connectivity index (χ4n) is 2.22. The molecular formula is C20H19ClN2O6. The average Bonchev–Trinajstić information content (AvgIpc) is 2.71. The van der Waals surface area contributed by atoms with Gasteiger partial charge in [0.2, 0.25) is 0 Å². The summed E-state index contributed by atoms with van der Waals surface area (Å²) in [6, 6.07) is 12.4. The molecule has 0 saturated carbocycles. The van der Waals surface area contributed by atoms with Gasteiger partial charge in [0.25, 0.3) is 11.8 Å². The van der Waals surface area contributed by atoms with Gasteiger partial charge in [-0.15, -0.1) is 0 Å². The van der Waals surface area contributed by atoms with Crippen LogP contribution in [0, 0.1) is 0 Å². The minimum absolute atomic E-state index is 0.184. The molecule has 0 aliphatic carbocycles. The number of esters is 2. The lowest BCUT2D eigenvalue weighted by molar-refractivity contribution is -0.146. The van der Waals surface area contributed by atoms with E-state index in [1.807, 2.05) is 0 Å². The first-order valence-corrected chi connectivity index (χ1v) is 9.04. The molecule has 0 aliphatic rings. The van der Waals surface area contributed by atoms with E-state index in [0.717, 1.165) is 0 Å². The summed E-state index contributed by atoms with van der Waals surface area (Å²) in [6.07, 6.45) is 0. The second-order valence-electron chi connectivity index (χ2n) is 5.66. The molecule has 2 aromatic rings. The Balaban J connectivity index is 1.80. The summed E-state index contributed by atoms with van der Waals surface area (Å²) < 4.78 is 9.75. The SMILES string of the molecule is CCOC(=O)c1ccccc1NC(=O)COC(=O)CNC(=O)c1ccc(Cl)cc1. The number of amides is 2. The molecule has 0 aromatic heterocycles. The van der Waals surface area contributed by atoms with E-state index in [-0.39, 0.29) is 17.9 Å². The number of para-hydroxylation sites is 1. The highest BCUT2D eigenvalue weighted by atomic mass is 35.5. The van der Waals surface area contributed by atoms with Crippen molar-refractivity contribution in [2.45, 2.75) is 6.92 Å². The highest BCUT2D eigenvalue weighted by molar-refractivity contribution is 6.30. The standard InChI is InChI=1S/C20H19ClN2O6/c1-2-28-20(27)15-5-3-4-6-16(15)23-17(24)12-29-18(25)11-22-19(26)13-7-9-14(21)10-8-13/h3-10H,2,11-12H2,1H3,(H,22,26)(H,23,24). The summed E-state index contributed by atoms with van der Waals surface area (Å²) >= 11 is 5.75. The van der Waals surface area contributed by atoms with Crippen LogP contribution in [0.2, 0.25) is 5.02 Å². The third-order valence-electron chi connectivity index (χ3n) is 3.56. The highest BCUT2D eigenvalue weighted by Crippen LogP contribution is 2.16. The summed E-state index contributed by atoms with van der Waals surface area (Å²) in [5, 5.41) is 5.35. The second-order valence-corrected chi connectivity index (χ2v) is 6.10. The Morgan fingerprint density at radius 3 is 2.34 bits per heavy atom. The number of halogens is 1. The number of hydrogen-bond acceptors (Lipinski definition) is 6. The van der Waals surface area contributed by atoms with E-state index >= 15 is 0 Å². The maximum atomic E-state index is 12.0. The van der Waals surface area contributed by atoms with Gasteiger partial charge in [0.1, 0.15) is 6.54 Å². The number of carbonyl (C=O) groups excluding carboxylic acids is 4. The molecule has 0 heterocycles. The average molecular weight is 419 g/mol. The fraction of sp³-hybridized carbons (Fsp3) is 0.200. The zero-order chi connectivity index (χ0) is 21.2. The van der Waals surface area contributed by atoms with E-state index in [1.165, 1.54) is 24.3 Å². The predicted molar refractivity (Wildman–Crippen MR) is 106 cm³/mol. The van der Waals surface area contributed by atoms with Crippen molar-refractivity contribution in [3.05, 3.63) is 64.7 Å². The summed E-state index contributed by atoms with van der Waals surface area (Å²) in [6.45, 7) is 0.881. The quantitative estimate of drug-likeness (QED) is 0.637. The summed E-state index contributed by atoms with van der Waals surface area (Å²) in [4.78, 5) is 47.5. The number of nitrogens with one attached hydrogen (secondary N) is 2. The number of benzene rings is 2. The first kappa shape index (κ1) is 21.9. The van der Waals surface area contributed by atoms with Crippen LogP contribution in [0.15, 0.2) is 48.5 Å². The Morgan fingerprint density at radius 2 is 1.66 bits per heavy atom. The minimum Gasteiger partial charge on any atom is -0.462 e. The molecule has 0 aliphatic heterocycles. The van der Waals surface area contributed by atoms with E-state index in [9.17, 15) is 19.2 Å². The van der Waals surface area contributed by atoms with Gasteiger partial charge >= 0.3 is 11.9 Å². The molecule has 0 radical (unpaired) electrons. The van der Waals surface area contributed by atoms with Crippen molar-refractivity contribution in [3.63, 3.8) is 0 Å². The normalized spacial score (nSPS) is 10.0. The van der Waals surface area contributed by atoms with Crippen molar-refractivity contribution in [1.29, 1.82) is 0 Å². The summed E-state index contributed by atoms with van der Waals surface area (Å²) in [5.41, 5.74) is 0.753. The Morgan fingerprint density at radius 1 is 0.966 bits per heavy atom. The van der Waals surface area contributed by atoms with Crippen molar-refractivity contribution in [3.8, 4) is 0 Å². The lowest BCUT2D eigenvalue weighted by Gasteiger charge is -2.11. The molecule has 29 heavy (non-hydrogen) atoms. The highest BCUT2D eigenvalue weighted by Gasteiger charge is 2.15. The summed E-state index contributed by atoms with van der Waals surface area (Å²) in [7, 11) is 0. The predicted octanol–water partition coefficient (Wildman–Crippen LogP) is 2.43. The first-order chi connectivity index (χ1) is 13.9. The fourth-order valence-corrected chi connectivity index (χ4v) is 2.34. The van der Waals surface area contributed by atoms with E-state index < -0.39 is 36.9 Å². The monoisotopic (exact) mass is 418 g/mol. The van der Waals surface area contributed by atoms with Crippen LogP contribution >= 0.6 is 11.6 Å². The van der Waals surface area contributed by atoms with Gasteiger partial charge < -0.3 is 20.1 Å². The number of hydrogen-bond donors (Lipinski definition) is 2. The van der Waals surface area contributed by atoms with Crippen LogP contribution < -0.4 is 10.6 Å². The van der Waals surface area contributed by atoms with E-state index in [2.05, 4.69) is 10.6 Å². The molecule has 0 bridgehead atoms. The molecular weight excluding hydrogens is 400 g/mol. The number of ether oxygens (including phenoxy) is 2. The van der Waals surface area contributed by atoms with Gasteiger partial charge in [-0.25, -0.2) is 4.79 Å². The molecule has 8 nitrogen and oxygen atoms in total. The van der Waals surface area contributed by atoms with Crippen molar-refractivity contribution in [2.24, 2.45) is 0 Å². The Hall–Kier alpha value is -3.39. The van der Waals surface area contributed by atoms with Crippen molar-refractivity contribution in [2.75, 3.05) is 25.1 Å². The van der Waals surface area contributed by atoms with Crippen LogP contribution in [0.5, 0.6) is 0 Å². The molecule has 0 fully saturated rings. The van der Waals surface area contributed by atoms with Gasteiger partial charge in [-0.3, -0.25) is 14.4 Å². The number of carbonyl (C=O) groups is 4. The molecule has 2 amide bonds. The van der Waals surface area contributed by atoms with Crippen LogP contribution in [0.4, 0.5) is 5.69 Å². The largest absolute Gasteiger partial charge is 0.462 e. The summed E-state index contributed by atoms with van der Waals surface area (Å²) in [5.74, 6) is -2.49. The number of anilines is 1. The van der Waals surface area contributed by atoms with Crippen LogP contribution in [0.1, 0.15) is 27.6 Å². The first-order valence-electron chi connectivity index (χ1n) is 8.66. The zero-order valence-corrected chi connectivity index (χ0v) is 16.3. The molecule has 152 valence electrons. The van der Waals surface area contributed by atoms with Crippen LogP contribution in [0.3, 0.4) is 0 Å². The maximum Gasteiger partial charge on any atom is 0.340 e. The molecule has 9 heteroatoms. The molecule has 0 unspecified atom stereocenters. The van der Waals surface area contributed by atoms with E-state index in [4.69, 9.17) is 21.1 Å². The van der Waals surface area contributed by atoms with Gasteiger partial charge in [-0.2, -0.15) is 0 Å². The zero-order valence-electron chi connectivity index (χ0n) is 15.6. The molecule has 2 aromatic carbocycles. The minimum atomic E-state index is -0.791. The second kappa shape index (κ2) is 10.8. The topological polar surface area (TPSA) is 111 Å². The van der Waals surface area contributed by atoms with Crippen molar-refractivity contribution < 1.29 is 28.7 Å². The van der Waals surface area contributed by atoms with Crippen molar-refractivity contribution >= 4 is 41.0 Å².